The van der Waals surface area contributed by atoms with E-state index in [0.29, 0.717) is 0 Å². The summed E-state index contributed by atoms with van der Waals surface area (Å²) in [6, 6.07) is 6.30. The topological polar surface area (TPSA) is 38.1 Å². The van der Waals surface area contributed by atoms with Crippen LogP contribution in [0.2, 0.25) is 0 Å². The summed E-state index contributed by atoms with van der Waals surface area (Å²) < 4.78 is 5.80. The standard InChI is InChI=1S/C15H20N2O/c1-2-11-3-5-14-13(9-11)17-15(18-14)6-4-12-7-8-16-10-12/h3,5,9,12,16H,2,4,6-8,10H2,1H3. The van der Waals surface area contributed by atoms with Gasteiger partial charge in [0.05, 0.1) is 0 Å². The summed E-state index contributed by atoms with van der Waals surface area (Å²) in [6.45, 7) is 4.48. The second-order valence-corrected chi connectivity index (χ2v) is 5.16. The highest BCUT2D eigenvalue weighted by Gasteiger charge is 2.15. The first-order valence-corrected chi connectivity index (χ1v) is 6.94. The van der Waals surface area contributed by atoms with Gasteiger partial charge >= 0.3 is 0 Å². The Kier molecular flexibility index (Phi) is 3.33. The van der Waals surface area contributed by atoms with Gasteiger partial charge in [0.1, 0.15) is 5.52 Å². The SMILES string of the molecule is CCc1ccc2oc(CCC3CCNC3)nc2c1. The summed E-state index contributed by atoms with van der Waals surface area (Å²) in [5.41, 5.74) is 3.25. The van der Waals surface area contributed by atoms with E-state index in [4.69, 9.17) is 4.42 Å². The smallest absolute Gasteiger partial charge is 0.195 e. The third kappa shape index (κ3) is 2.41. The fourth-order valence-electron chi connectivity index (χ4n) is 2.64. The molecule has 0 saturated carbocycles. The van der Waals surface area contributed by atoms with Crippen LogP contribution < -0.4 is 5.32 Å². The Labute approximate surface area is 108 Å². The van der Waals surface area contributed by atoms with Crippen molar-refractivity contribution >= 4 is 11.1 Å². The molecule has 1 unspecified atom stereocenters. The lowest BCUT2D eigenvalue weighted by molar-refractivity contribution is 0.466. The van der Waals surface area contributed by atoms with Gasteiger partial charge in [0.15, 0.2) is 11.5 Å². The van der Waals surface area contributed by atoms with E-state index in [1.165, 1.54) is 18.4 Å². The average molecular weight is 244 g/mol. The molecular formula is C15H20N2O. The van der Waals surface area contributed by atoms with Crippen molar-refractivity contribution in [1.82, 2.24) is 10.3 Å². The number of nitrogens with one attached hydrogen (secondary N) is 1. The van der Waals surface area contributed by atoms with Gasteiger partial charge in [-0.3, -0.25) is 0 Å². The minimum absolute atomic E-state index is 0.797. The van der Waals surface area contributed by atoms with Gasteiger partial charge in [-0.25, -0.2) is 4.98 Å². The van der Waals surface area contributed by atoms with Crippen LogP contribution in [0.15, 0.2) is 22.6 Å². The predicted octanol–water partition coefficient (Wildman–Crippen LogP) is 2.93. The molecule has 0 radical (unpaired) electrons. The van der Waals surface area contributed by atoms with Crippen molar-refractivity contribution in [2.45, 2.75) is 32.6 Å². The maximum atomic E-state index is 5.80. The zero-order valence-electron chi connectivity index (χ0n) is 10.9. The van der Waals surface area contributed by atoms with E-state index < -0.39 is 0 Å². The first-order chi connectivity index (χ1) is 8.85. The van der Waals surface area contributed by atoms with Gasteiger partial charge in [0, 0.05) is 6.42 Å². The molecule has 1 N–H and O–H groups in total. The van der Waals surface area contributed by atoms with Crippen LogP contribution in [0, 0.1) is 5.92 Å². The minimum Gasteiger partial charge on any atom is -0.441 e. The molecule has 96 valence electrons. The van der Waals surface area contributed by atoms with Crippen molar-refractivity contribution < 1.29 is 4.42 Å². The highest BCUT2D eigenvalue weighted by atomic mass is 16.3. The van der Waals surface area contributed by atoms with Crippen LogP contribution in [0.3, 0.4) is 0 Å². The van der Waals surface area contributed by atoms with E-state index in [0.717, 1.165) is 48.8 Å². The van der Waals surface area contributed by atoms with Crippen molar-refractivity contribution in [3.8, 4) is 0 Å². The maximum absolute atomic E-state index is 5.80. The lowest BCUT2D eigenvalue weighted by atomic mass is 10.0. The normalized spacial score (nSPS) is 19.7. The van der Waals surface area contributed by atoms with Crippen LogP contribution in [0.5, 0.6) is 0 Å². The molecule has 18 heavy (non-hydrogen) atoms. The molecule has 1 aromatic heterocycles. The Morgan fingerprint density at radius 1 is 1.44 bits per heavy atom. The average Bonchev–Trinajstić information content (AvgIpc) is 3.04. The maximum Gasteiger partial charge on any atom is 0.195 e. The van der Waals surface area contributed by atoms with Crippen LogP contribution in [0.25, 0.3) is 11.1 Å². The molecular weight excluding hydrogens is 224 g/mol. The first kappa shape index (κ1) is 11.7. The largest absolute Gasteiger partial charge is 0.441 e. The Hall–Kier alpha value is -1.35. The first-order valence-electron chi connectivity index (χ1n) is 6.94. The van der Waals surface area contributed by atoms with Gasteiger partial charge in [-0.15, -0.1) is 0 Å². The molecule has 1 aromatic carbocycles. The Morgan fingerprint density at radius 2 is 2.39 bits per heavy atom. The summed E-state index contributed by atoms with van der Waals surface area (Å²) in [5.74, 6) is 1.69. The number of aryl methyl sites for hydroxylation is 2. The van der Waals surface area contributed by atoms with E-state index >= 15 is 0 Å². The number of hydrogen-bond acceptors (Lipinski definition) is 3. The van der Waals surface area contributed by atoms with Gasteiger partial charge in [-0.2, -0.15) is 0 Å². The molecule has 3 heteroatoms. The summed E-state index contributed by atoms with van der Waals surface area (Å²) in [5, 5.41) is 3.40. The predicted molar refractivity (Wildman–Crippen MR) is 72.7 cm³/mol. The molecule has 2 heterocycles. The monoisotopic (exact) mass is 244 g/mol. The lowest BCUT2D eigenvalue weighted by Gasteiger charge is -2.04. The zero-order chi connectivity index (χ0) is 12.4. The van der Waals surface area contributed by atoms with Crippen LogP contribution in [0.4, 0.5) is 0 Å². The molecule has 3 rings (SSSR count). The fourth-order valence-corrected chi connectivity index (χ4v) is 2.64. The number of hydrogen-bond donors (Lipinski definition) is 1. The van der Waals surface area contributed by atoms with Crippen molar-refractivity contribution in [3.63, 3.8) is 0 Å². The molecule has 3 nitrogen and oxygen atoms in total. The molecule has 1 aliphatic heterocycles. The number of benzene rings is 1. The van der Waals surface area contributed by atoms with Gasteiger partial charge in [0.2, 0.25) is 0 Å². The number of aromatic nitrogens is 1. The van der Waals surface area contributed by atoms with Crippen LogP contribution in [-0.4, -0.2) is 18.1 Å². The minimum atomic E-state index is 0.797. The third-order valence-corrected chi connectivity index (χ3v) is 3.83. The van der Waals surface area contributed by atoms with Crippen molar-refractivity contribution in [3.05, 3.63) is 29.7 Å². The summed E-state index contributed by atoms with van der Waals surface area (Å²) in [4.78, 5) is 4.60. The van der Waals surface area contributed by atoms with Gasteiger partial charge in [0.25, 0.3) is 0 Å². The quantitative estimate of drug-likeness (QED) is 0.898. The number of nitrogens with zero attached hydrogens (tertiary/aromatic N) is 1. The van der Waals surface area contributed by atoms with Crippen molar-refractivity contribution in [2.75, 3.05) is 13.1 Å². The Bertz CT molecular complexity index is 526. The second-order valence-electron chi connectivity index (χ2n) is 5.16. The molecule has 1 fully saturated rings. The molecule has 2 aromatic rings. The van der Waals surface area contributed by atoms with Gasteiger partial charge in [-0.1, -0.05) is 13.0 Å². The van der Waals surface area contributed by atoms with Crippen molar-refractivity contribution in [2.24, 2.45) is 5.92 Å². The zero-order valence-corrected chi connectivity index (χ0v) is 10.9. The summed E-state index contributed by atoms with van der Waals surface area (Å²) in [7, 11) is 0. The van der Waals surface area contributed by atoms with E-state index in [2.05, 4.69) is 29.4 Å². The Balaban J connectivity index is 1.72. The number of rotatable bonds is 4. The van der Waals surface area contributed by atoms with Gasteiger partial charge in [-0.05, 0) is 56.0 Å². The van der Waals surface area contributed by atoms with Crippen molar-refractivity contribution in [1.29, 1.82) is 0 Å². The van der Waals surface area contributed by atoms with E-state index in [9.17, 15) is 0 Å². The molecule has 0 aliphatic carbocycles. The number of fused-ring (bicyclic) bond motifs is 1. The highest BCUT2D eigenvalue weighted by Crippen LogP contribution is 2.21. The Morgan fingerprint density at radius 3 is 3.17 bits per heavy atom. The summed E-state index contributed by atoms with van der Waals surface area (Å²) >= 11 is 0. The van der Waals surface area contributed by atoms with Crippen LogP contribution in [0.1, 0.15) is 31.2 Å². The molecule has 0 spiro atoms. The van der Waals surface area contributed by atoms with Crippen LogP contribution in [-0.2, 0) is 12.8 Å². The fraction of sp³-hybridized carbons (Fsp3) is 0.533. The van der Waals surface area contributed by atoms with E-state index in [-0.39, 0.29) is 0 Å². The number of oxazole rings is 1. The summed E-state index contributed by atoms with van der Waals surface area (Å²) in [6.07, 6.45) is 4.48. The van der Waals surface area contributed by atoms with E-state index in [1.54, 1.807) is 0 Å². The van der Waals surface area contributed by atoms with Gasteiger partial charge < -0.3 is 9.73 Å². The second kappa shape index (κ2) is 5.11. The van der Waals surface area contributed by atoms with E-state index in [1.807, 2.05) is 6.07 Å². The molecule has 1 aliphatic rings. The highest BCUT2D eigenvalue weighted by molar-refractivity contribution is 5.73. The molecule has 0 amide bonds. The molecule has 0 bridgehead atoms. The lowest BCUT2D eigenvalue weighted by Crippen LogP contribution is -2.09. The molecule has 1 atom stereocenters. The van der Waals surface area contributed by atoms with Crippen LogP contribution >= 0.6 is 0 Å². The third-order valence-electron chi connectivity index (χ3n) is 3.83. The molecule has 1 saturated heterocycles.